The molecule has 0 radical (unpaired) electrons. The summed E-state index contributed by atoms with van der Waals surface area (Å²) >= 11 is 3.11. The molecule has 1 atom stereocenters. The van der Waals surface area contributed by atoms with Gasteiger partial charge in [-0.25, -0.2) is 0 Å². The van der Waals surface area contributed by atoms with Crippen molar-refractivity contribution in [3.8, 4) is 22.2 Å². The summed E-state index contributed by atoms with van der Waals surface area (Å²) in [6.45, 7) is 9.17. The Morgan fingerprint density at radius 2 is 1.82 bits per heavy atom. The number of nitrogens with zero attached hydrogens (tertiary/aromatic N) is 5. The van der Waals surface area contributed by atoms with Gasteiger partial charge < -0.3 is 8.83 Å². The SMILES string of the molecule is CC(Sc1nnc(-c2ccc(C(C)(C)C)cc2)n1Cc1ccco1)c1nnc(-c2cccs2)o1. The zero-order valence-corrected chi connectivity index (χ0v) is 21.1. The minimum absolute atomic E-state index is 0.0862. The number of furan rings is 1. The lowest BCUT2D eigenvalue weighted by Gasteiger charge is -2.19. The van der Waals surface area contributed by atoms with Crippen LogP contribution in [0, 0.1) is 0 Å². The summed E-state index contributed by atoms with van der Waals surface area (Å²) in [5.41, 5.74) is 2.36. The van der Waals surface area contributed by atoms with Crippen LogP contribution < -0.4 is 0 Å². The van der Waals surface area contributed by atoms with Crippen molar-refractivity contribution in [2.24, 2.45) is 0 Å². The highest BCUT2D eigenvalue weighted by atomic mass is 32.2. The first-order chi connectivity index (χ1) is 16.4. The zero-order valence-electron chi connectivity index (χ0n) is 19.4. The van der Waals surface area contributed by atoms with Crippen LogP contribution >= 0.6 is 23.1 Å². The molecule has 0 amide bonds. The normalized spacial score (nSPS) is 12.8. The lowest BCUT2D eigenvalue weighted by Crippen LogP contribution is -2.10. The molecule has 0 bridgehead atoms. The van der Waals surface area contributed by atoms with E-state index in [1.165, 1.54) is 17.3 Å². The van der Waals surface area contributed by atoms with Crippen molar-refractivity contribution >= 4 is 23.1 Å². The maximum absolute atomic E-state index is 5.94. The van der Waals surface area contributed by atoms with Gasteiger partial charge in [0.05, 0.1) is 22.9 Å². The summed E-state index contributed by atoms with van der Waals surface area (Å²) in [5, 5.41) is 20.2. The van der Waals surface area contributed by atoms with Crippen molar-refractivity contribution in [2.45, 2.75) is 50.1 Å². The van der Waals surface area contributed by atoms with Crippen LogP contribution in [0.1, 0.15) is 50.2 Å². The van der Waals surface area contributed by atoms with Crippen LogP contribution in [0.5, 0.6) is 0 Å². The van der Waals surface area contributed by atoms with Crippen molar-refractivity contribution in [3.05, 3.63) is 77.4 Å². The van der Waals surface area contributed by atoms with Crippen molar-refractivity contribution < 1.29 is 8.83 Å². The minimum atomic E-state index is -0.100. The molecule has 5 rings (SSSR count). The summed E-state index contributed by atoms with van der Waals surface area (Å²) in [6.07, 6.45) is 1.68. The summed E-state index contributed by atoms with van der Waals surface area (Å²) in [7, 11) is 0. The predicted octanol–water partition coefficient (Wildman–Crippen LogP) is 6.85. The van der Waals surface area contributed by atoms with E-state index in [1.54, 1.807) is 17.6 Å². The average Bonchev–Trinajstić information content (AvgIpc) is 3.61. The van der Waals surface area contributed by atoms with Crippen molar-refractivity contribution in [1.82, 2.24) is 25.0 Å². The minimum Gasteiger partial charge on any atom is -0.467 e. The molecule has 0 aliphatic carbocycles. The zero-order chi connectivity index (χ0) is 23.7. The Kier molecular flexibility index (Phi) is 6.14. The highest BCUT2D eigenvalue weighted by molar-refractivity contribution is 7.99. The van der Waals surface area contributed by atoms with Crippen LogP contribution in [0.25, 0.3) is 22.2 Å². The van der Waals surface area contributed by atoms with E-state index in [1.807, 2.05) is 36.6 Å². The van der Waals surface area contributed by atoms with Crippen LogP contribution in [0.15, 0.2) is 74.2 Å². The maximum Gasteiger partial charge on any atom is 0.257 e. The molecule has 4 aromatic heterocycles. The second-order valence-electron chi connectivity index (χ2n) is 8.98. The van der Waals surface area contributed by atoms with Gasteiger partial charge in [-0.3, -0.25) is 4.57 Å². The number of hydrogen-bond acceptors (Lipinski definition) is 8. The van der Waals surface area contributed by atoms with Gasteiger partial charge >= 0.3 is 0 Å². The van der Waals surface area contributed by atoms with Gasteiger partial charge in [-0.15, -0.1) is 31.7 Å². The van der Waals surface area contributed by atoms with Crippen LogP contribution in [0.3, 0.4) is 0 Å². The first kappa shape index (κ1) is 22.6. The molecule has 0 spiro atoms. The first-order valence-electron chi connectivity index (χ1n) is 11.0. The third-order valence-corrected chi connectivity index (χ3v) is 7.35. The lowest BCUT2D eigenvalue weighted by atomic mass is 9.87. The fraction of sp³-hybridized carbons (Fsp3) is 0.280. The van der Waals surface area contributed by atoms with Gasteiger partial charge in [0, 0.05) is 5.56 Å². The molecule has 7 nitrogen and oxygen atoms in total. The van der Waals surface area contributed by atoms with Crippen LogP contribution in [-0.4, -0.2) is 25.0 Å². The summed E-state index contributed by atoms with van der Waals surface area (Å²) in [6, 6.07) is 16.3. The number of thiophene rings is 1. The fourth-order valence-corrected chi connectivity index (χ4v) is 5.04. The summed E-state index contributed by atoms with van der Waals surface area (Å²) in [4.78, 5) is 0.956. The molecule has 1 aromatic carbocycles. The van der Waals surface area contributed by atoms with Crippen LogP contribution in [0.2, 0.25) is 0 Å². The van der Waals surface area contributed by atoms with Crippen molar-refractivity contribution in [2.75, 3.05) is 0 Å². The van der Waals surface area contributed by atoms with Gasteiger partial charge in [-0.05, 0) is 41.5 Å². The smallest absolute Gasteiger partial charge is 0.257 e. The molecule has 0 saturated heterocycles. The van der Waals surface area contributed by atoms with Crippen LogP contribution in [0.4, 0.5) is 0 Å². The summed E-state index contributed by atoms with van der Waals surface area (Å²) in [5.74, 6) is 2.71. The molecule has 0 fully saturated rings. The number of benzene rings is 1. The third-order valence-electron chi connectivity index (χ3n) is 5.42. The summed E-state index contributed by atoms with van der Waals surface area (Å²) < 4.78 is 13.6. The molecule has 0 aliphatic heterocycles. The van der Waals surface area contributed by atoms with E-state index in [4.69, 9.17) is 8.83 Å². The largest absolute Gasteiger partial charge is 0.467 e. The molecule has 0 saturated carbocycles. The quantitative estimate of drug-likeness (QED) is 0.230. The molecule has 4 heterocycles. The Bertz CT molecular complexity index is 1350. The fourth-order valence-electron chi connectivity index (χ4n) is 3.52. The van der Waals surface area contributed by atoms with Crippen molar-refractivity contribution in [3.63, 3.8) is 0 Å². The Labute approximate surface area is 206 Å². The van der Waals surface area contributed by atoms with Gasteiger partial charge in [0.1, 0.15) is 5.76 Å². The third kappa shape index (κ3) is 4.71. The van der Waals surface area contributed by atoms with E-state index < -0.39 is 0 Å². The standard InChI is InChI=1S/C25H25N5O2S2/c1-16(22-27-28-23(32-22)20-8-6-14-33-20)34-24-29-26-21(30(24)15-19-7-5-13-31-19)17-9-11-18(12-10-17)25(2,3)4/h5-14,16H,15H2,1-4H3. The van der Waals surface area contributed by atoms with E-state index in [-0.39, 0.29) is 10.7 Å². The average molecular weight is 492 g/mol. The second-order valence-corrected chi connectivity index (χ2v) is 11.2. The van der Waals surface area contributed by atoms with E-state index in [2.05, 4.69) is 70.0 Å². The van der Waals surface area contributed by atoms with Crippen LogP contribution in [-0.2, 0) is 12.0 Å². The molecule has 174 valence electrons. The van der Waals surface area contributed by atoms with Gasteiger partial charge in [0.2, 0.25) is 5.89 Å². The van der Waals surface area contributed by atoms with E-state index in [0.29, 0.717) is 18.3 Å². The van der Waals surface area contributed by atoms with Gasteiger partial charge in [-0.1, -0.05) is 62.9 Å². The van der Waals surface area contributed by atoms with Crippen molar-refractivity contribution in [1.29, 1.82) is 0 Å². The molecule has 1 unspecified atom stereocenters. The van der Waals surface area contributed by atoms with E-state index in [0.717, 1.165) is 27.2 Å². The Morgan fingerprint density at radius 3 is 2.50 bits per heavy atom. The Balaban J connectivity index is 1.44. The predicted molar refractivity (Wildman–Crippen MR) is 134 cm³/mol. The number of thioether (sulfide) groups is 1. The molecule has 5 aromatic rings. The van der Waals surface area contributed by atoms with Gasteiger partial charge in [0.15, 0.2) is 11.0 Å². The second kappa shape index (κ2) is 9.23. The van der Waals surface area contributed by atoms with E-state index in [9.17, 15) is 0 Å². The number of rotatable bonds is 7. The first-order valence-corrected chi connectivity index (χ1v) is 12.7. The topological polar surface area (TPSA) is 82.8 Å². The van der Waals surface area contributed by atoms with Gasteiger partial charge in [-0.2, -0.15) is 0 Å². The molecule has 0 aliphatic rings. The molecule has 0 N–H and O–H groups in total. The number of aromatic nitrogens is 5. The van der Waals surface area contributed by atoms with E-state index >= 15 is 0 Å². The Morgan fingerprint density at radius 1 is 1.00 bits per heavy atom. The highest BCUT2D eigenvalue weighted by Gasteiger charge is 2.23. The lowest BCUT2D eigenvalue weighted by molar-refractivity contribution is 0.484. The maximum atomic E-state index is 5.94. The molecule has 9 heteroatoms. The van der Waals surface area contributed by atoms with Gasteiger partial charge in [0.25, 0.3) is 5.89 Å². The highest BCUT2D eigenvalue weighted by Crippen LogP contribution is 2.37. The number of hydrogen-bond donors (Lipinski definition) is 0. The monoisotopic (exact) mass is 491 g/mol. The molecular weight excluding hydrogens is 466 g/mol. The molecular formula is C25H25N5O2S2. The Hall–Kier alpha value is -3.17. The molecule has 34 heavy (non-hydrogen) atoms.